The molecule has 3 rings (SSSR count). The monoisotopic (exact) mass is 360 g/mol. The number of nitrogens with one attached hydrogen (secondary N) is 1. The molecule has 2 bridgehead atoms. The van der Waals surface area contributed by atoms with Crippen LogP contribution in [0, 0.1) is 24.6 Å². The summed E-state index contributed by atoms with van der Waals surface area (Å²) in [5.74, 6) is 0.311. The third-order valence-electron chi connectivity index (χ3n) is 5.17. The minimum Gasteiger partial charge on any atom is -0.349 e. The molecule has 2 aliphatic carbocycles. The Kier molecular flexibility index (Phi) is 5.93. The lowest BCUT2D eigenvalue weighted by Crippen LogP contribution is -2.53. The fourth-order valence-corrected chi connectivity index (χ4v) is 4.32. The molecule has 0 spiro atoms. The van der Waals surface area contributed by atoms with E-state index in [0.717, 1.165) is 25.7 Å². The molecule has 2 atom stereocenters. The van der Waals surface area contributed by atoms with Crippen LogP contribution in [-0.4, -0.2) is 18.0 Å². The normalized spacial score (nSPS) is 29.6. The van der Waals surface area contributed by atoms with Crippen molar-refractivity contribution in [2.24, 2.45) is 17.6 Å². The van der Waals surface area contributed by atoms with E-state index in [4.69, 9.17) is 17.3 Å². The molecule has 0 aliphatic heterocycles. The molecule has 6 heteroatoms. The SMILES string of the molecule is Cc1cc(C(=O)NC2C3CCCC2CC(N)C3)c(Cl)cc1F.Cl. The number of amides is 1. The number of halogens is 3. The van der Waals surface area contributed by atoms with Crippen molar-refractivity contribution in [2.45, 2.75) is 51.1 Å². The van der Waals surface area contributed by atoms with Crippen molar-refractivity contribution in [3.63, 3.8) is 0 Å². The van der Waals surface area contributed by atoms with Gasteiger partial charge in [0.1, 0.15) is 5.82 Å². The van der Waals surface area contributed by atoms with Crippen LogP contribution < -0.4 is 11.1 Å². The molecule has 2 aliphatic rings. The number of aryl methyl sites for hydroxylation is 1. The smallest absolute Gasteiger partial charge is 0.253 e. The van der Waals surface area contributed by atoms with Gasteiger partial charge >= 0.3 is 0 Å². The summed E-state index contributed by atoms with van der Waals surface area (Å²) in [6, 6.07) is 3.16. The van der Waals surface area contributed by atoms with Gasteiger partial charge in [-0.05, 0) is 62.1 Å². The topological polar surface area (TPSA) is 55.1 Å². The highest BCUT2D eigenvalue weighted by molar-refractivity contribution is 6.33. The zero-order chi connectivity index (χ0) is 15.9. The van der Waals surface area contributed by atoms with E-state index in [1.807, 2.05) is 0 Å². The van der Waals surface area contributed by atoms with Crippen molar-refractivity contribution in [3.8, 4) is 0 Å². The van der Waals surface area contributed by atoms with Gasteiger partial charge in [-0.1, -0.05) is 18.0 Å². The van der Waals surface area contributed by atoms with E-state index in [1.165, 1.54) is 18.6 Å². The van der Waals surface area contributed by atoms with Crippen molar-refractivity contribution in [1.29, 1.82) is 0 Å². The summed E-state index contributed by atoms with van der Waals surface area (Å²) in [4.78, 5) is 12.6. The molecular weight excluding hydrogens is 338 g/mol. The Morgan fingerprint density at radius 3 is 2.52 bits per heavy atom. The van der Waals surface area contributed by atoms with Crippen LogP contribution in [0.25, 0.3) is 0 Å². The van der Waals surface area contributed by atoms with Crippen LogP contribution in [0.3, 0.4) is 0 Å². The highest BCUT2D eigenvalue weighted by atomic mass is 35.5. The lowest BCUT2D eigenvalue weighted by Gasteiger charge is -2.45. The van der Waals surface area contributed by atoms with Gasteiger partial charge in [0.25, 0.3) is 5.91 Å². The van der Waals surface area contributed by atoms with Crippen molar-refractivity contribution in [3.05, 3.63) is 34.1 Å². The Labute approximate surface area is 147 Å². The zero-order valence-electron chi connectivity index (χ0n) is 13.1. The van der Waals surface area contributed by atoms with Gasteiger partial charge in [0.05, 0.1) is 10.6 Å². The Hall–Kier alpha value is -0.840. The van der Waals surface area contributed by atoms with Gasteiger partial charge in [-0.2, -0.15) is 0 Å². The Morgan fingerprint density at radius 1 is 1.30 bits per heavy atom. The molecule has 3 N–H and O–H groups in total. The number of rotatable bonds is 2. The van der Waals surface area contributed by atoms with Crippen molar-refractivity contribution < 1.29 is 9.18 Å². The average molecular weight is 361 g/mol. The molecule has 128 valence electrons. The van der Waals surface area contributed by atoms with Gasteiger partial charge in [0.15, 0.2) is 0 Å². The lowest BCUT2D eigenvalue weighted by molar-refractivity contribution is 0.0756. The molecule has 0 radical (unpaired) electrons. The number of nitrogens with two attached hydrogens (primary N) is 1. The van der Waals surface area contributed by atoms with E-state index in [9.17, 15) is 9.18 Å². The van der Waals surface area contributed by atoms with Crippen LogP contribution in [0.4, 0.5) is 4.39 Å². The lowest BCUT2D eigenvalue weighted by atomic mass is 9.67. The van der Waals surface area contributed by atoms with Gasteiger partial charge < -0.3 is 11.1 Å². The summed E-state index contributed by atoms with van der Waals surface area (Å²) >= 11 is 6.04. The second kappa shape index (κ2) is 7.37. The first-order valence-corrected chi connectivity index (χ1v) is 8.35. The molecule has 1 amide bonds. The molecule has 23 heavy (non-hydrogen) atoms. The summed E-state index contributed by atoms with van der Waals surface area (Å²) in [5, 5.41) is 3.31. The first kappa shape index (κ1) is 18.5. The van der Waals surface area contributed by atoms with Crippen LogP contribution in [0.5, 0.6) is 0 Å². The highest BCUT2D eigenvalue weighted by Gasteiger charge is 2.40. The molecule has 2 fully saturated rings. The van der Waals surface area contributed by atoms with Crippen molar-refractivity contribution in [1.82, 2.24) is 5.32 Å². The fraction of sp³-hybridized carbons (Fsp3) is 0.588. The van der Waals surface area contributed by atoms with E-state index >= 15 is 0 Å². The predicted molar refractivity (Wildman–Crippen MR) is 92.7 cm³/mol. The largest absolute Gasteiger partial charge is 0.349 e. The molecule has 3 nitrogen and oxygen atoms in total. The van der Waals surface area contributed by atoms with E-state index in [2.05, 4.69) is 5.32 Å². The van der Waals surface area contributed by atoms with Crippen LogP contribution in [-0.2, 0) is 0 Å². The maximum Gasteiger partial charge on any atom is 0.253 e. The minimum atomic E-state index is -0.387. The van der Waals surface area contributed by atoms with Gasteiger partial charge in [-0.15, -0.1) is 12.4 Å². The van der Waals surface area contributed by atoms with Crippen LogP contribution >= 0.6 is 24.0 Å². The second-order valence-corrected chi connectivity index (χ2v) is 7.17. The molecule has 0 saturated heterocycles. The molecule has 0 aromatic heterocycles. The first-order valence-electron chi connectivity index (χ1n) is 7.97. The van der Waals surface area contributed by atoms with Crippen LogP contribution in [0.1, 0.15) is 48.0 Å². The van der Waals surface area contributed by atoms with Crippen molar-refractivity contribution >= 4 is 29.9 Å². The molecule has 1 aromatic carbocycles. The maximum absolute atomic E-state index is 13.5. The van der Waals surface area contributed by atoms with Crippen molar-refractivity contribution in [2.75, 3.05) is 0 Å². The third-order valence-corrected chi connectivity index (χ3v) is 5.48. The van der Waals surface area contributed by atoms with Gasteiger partial charge in [-0.3, -0.25) is 4.79 Å². The maximum atomic E-state index is 13.5. The zero-order valence-corrected chi connectivity index (χ0v) is 14.7. The van der Waals surface area contributed by atoms with E-state index in [-0.39, 0.29) is 41.2 Å². The number of carbonyl (C=O) groups is 1. The third kappa shape index (κ3) is 3.81. The number of hydrogen-bond acceptors (Lipinski definition) is 2. The minimum absolute atomic E-state index is 0. The molecule has 0 heterocycles. The standard InChI is InChI=1S/C17H22ClFN2O.ClH/c1-9-5-13(14(18)8-15(9)19)17(22)21-16-10-3-2-4-11(16)7-12(20)6-10;/h5,8,10-12,16H,2-4,6-7,20H2,1H3,(H,21,22);1H. The van der Waals surface area contributed by atoms with Crippen LogP contribution in [0.2, 0.25) is 5.02 Å². The van der Waals surface area contributed by atoms with Gasteiger partial charge in [-0.25, -0.2) is 4.39 Å². The average Bonchev–Trinajstić information content (AvgIpc) is 2.43. The summed E-state index contributed by atoms with van der Waals surface area (Å²) in [5.41, 5.74) is 6.90. The molecule has 1 aromatic rings. The predicted octanol–water partition coefficient (Wildman–Crippen LogP) is 3.85. The highest BCUT2D eigenvalue weighted by Crippen LogP contribution is 2.39. The number of hydrogen-bond donors (Lipinski definition) is 2. The Bertz CT molecular complexity index is 582. The summed E-state index contributed by atoms with van der Waals surface area (Å²) in [6.45, 7) is 1.64. The molecule has 2 unspecified atom stereocenters. The quantitative estimate of drug-likeness (QED) is 0.841. The number of carbonyl (C=O) groups excluding carboxylic acids is 1. The first-order chi connectivity index (χ1) is 10.5. The Balaban J connectivity index is 0.00000192. The summed E-state index contributed by atoms with van der Waals surface area (Å²) in [6.07, 6.45) is 5.39. The van der Waals surface area contributed by atoms with E-state index in [1.54, 1.807) is 6.92 Å². The number of benzene rings is 1. The summed E-state index contributed by atoms with van der Waals surface area (Å²) < 4.78 is 13.5. The second-order valence-electron chi connectivity index (χ2n) is 6.76. The fourth-order valence-electron chi connectivity index (χ4n) is 4.09. The summed E-state index contributed by atoms with van der Waals surface area (Å²) in [7, 11) is 0. The van der Waals surface area contributed by atoms with E-state index in [0.29, 0.717) is 23.0 Å². The molecular formula is C17H23Cl2FN2O. The van der Waals surface area contributed by atoms with Crippen LogP contribution in [0.15, 0.2) is 12.1 Å². The van der Waals surface area contributed by atoms with Gasteiger partial charge in [0.2, 0.25) is 0 Å². The number of fused-ring (bicyclic) bond motifs is 2. The van der Waals surface area contributed by atoms with E-state index < -0.39 is 0 Å². The van der Waals surface area contributed by atoms with Gasteiger partial charge in [0, 0.05) is 12.1 Å². The Morgan fingerprint density at radius 2 is 1.91 bits per heavy atom. The molecule has 2 saturated carbocycles.